The molecule has 1 aromatic heterocycles. The van der Waals surface area contributed by atoms with E-state index in [1.807, 2.05) is 0 Å². The van der Waals surface area contributed by atoms with Gasteiger partial charge in [0.25, 0.3) is 0 Å². The van der Waals surface area contributed by atoms with Crippen molar-refractivity contribution in [2.24, 2.45) is 0 Å². The second kappa shape index (κ2) is 5.07. The molecule has 0 unspecified atom stereocenters. The molecule has 98 valence electrons. The average molecular weight is 253 g/mol. The number of amides is 2. The lowest BCUT2D eigenvalue weighted by atomic mass is 9.98. The van der Waals surface area contributed by atoms with Gasteiger partial charge in [0.1, 0.15) is 5.54 Å². The van der Waals surface area contributed by atoms with Gasteiger partial charge in [-0.3, -0.25) is 0 Å². The van der Waals surface area contributed by atoms with E-state index in [0.717, 1.165) is 12.8 Å². The van der Waals surface area contributed by atoms with E-state index in [4.69, 9.17) is 4.52 Å². The highest BCUT2D eigenvalue weighted by Crippen LogP contribution is 2.29. The molecule has 0 bridgehead atoms. The van der Waals surface area contributed by atoms with Crippen LogP contribution in [0.1, 0.15) is 31.4 Å². The van der Waals surface area contributed by atoms with E-state index in [-0.39, 0.29) is 6.54 Å². The highest BCUT2D eigenvalue weighted by atomic mass is 16.5. The van der Waals surface area contributed by atoms with Gasteiger partial charge in [-0.05, 0) is 12.8 Å². The lowest BCUT2D eigenvalue weighted by Crippen LogP contribution is -2.55. The summed E-state index contributed by atoms with van der Waals surface area (Å²) in [5, 5.41) is 17.8. The first-order valence-electron chi connectivity index (χ1n) is 5.81. The van der Waals surface area contributed by atoms with Gasteiger partial charge in [0, 0.05) is 6.07 Å². The monoisotopic (exact) mass is 253 g/mol. The molecular formula is C11H15N3O4. The number of hydrogen-bond acceptors (Lipinski definition) is 4. The van der Waals surface area contributed by atoms with Crippen LogP contribution in [0.2, 0.25) is 0 Å². The van der Waals surface area contributed by atoms with Gasteiger partial charge in [0.15, 0.2) is 5.76 Å². The highest BCUT2D eigenvalue weighted by molar-refractivity contribution is 5.86. The minimum atomic E-state index is -1.12. The Morgan fingerprint density at radius 2 is 2.17 bits per heavy atom. The Balaban J connectivity index is 1.88. The van der Waals surface area contributed by atoms with Gasteiger partial charge in [0.05, 0.1) is 12.7 Å². The summed E-state index contributed by atoms with van der Waals surface area (Å²) in [4.78, 5) is 22.9. The Hall–Kier alpha value is -2.05. The number of carboxylic acids is 1. The molecule has 1 heterocycles. The van der Waals surface area contributed by atoms with Gasteiger partial charge in [-0.1, -0.05) is 18.0 Å². The molecule has 7 heteroatoms. The zero-order valence-electron chi connectivity index (χ0n) is 9.81. The molecule has 18 heavy (non-hydrogen) atoms. The van der Waals surface area contributed by atoms with Crippen LogP contribution in [0.15, 0.2) is 16.8 Å². The third-order valence-corrected chi connectivity index (χ3v) is 3.13. The first-order valence-corrected chi connectivity index (χ1v) is 5.81. The summed E-state index contributed by atoms with van der Waals surface area (Å²) in [6.07, 6.45) is 4.05. The van der Waals surface area contributed by atoms with Gasteiger partial charge >= 0.3 is 12.0 Å². The quantitative estimate of drug-likeness (QED) is 0.738. The Kier molecular flexibility index (Phi) is 3.50. The van der Waals surface area contributed by atoms with Crippen molar-refractivity contribution >= 4 is 12.0 Å². The van der Waals surface area contributed by atoms with Gasteiger partial charge in [-0.2, -0.15) is 0 Å². The second-order valence-electron chi connectivity index (χ2n) is 4.38. The molecule has 0 saturated heterocycles. The SMILES string of the molecule is O=C(NCc1ccno1)NC1(C(=O)O)CCCC1. The molecule has 1 aliphatic carbocycles. The number of carbonyl (C=O) groups is 2. The van der Waals surface area contributed by atoms with Crippen molar-refractivity contribution < 1.29 is 19.2 Å². The van der Waals surface area contributed by atoms with Crippen molar-refractivity contribution in [3.8, 4) is 0 Å². The number of aromatic nitrogens is 1. The number of aliphatic carboxylic acids is 1. The first kappa shape index (κ1) is 12.4. The predicted molar refractivity (Wildman–Crippen MR) is 60.7 cm³/mol. The van der Waals surface area contributed by atoms with Crippen molar-refractivity contribution in [3.63, 3.8) is 0 Å². The largest absolute Gasteiger partial charge is 0.480 e. The lowest BCUT2D eigenvalue weighted by molar-refractivity contribution is -0.144. The smallest absolute Gasteiger partial charge is 0.329 e. The van der Waals surface area contributed by atoms with Crippen LogP contribution < -0.4 is 10.6 Å². The number of carbonyl (C=O) groups excluding carboxylic acids is 1. The number of nitrogens with zero attached hydrogens (tertiary/aromatic N) is 1. The van der Waals surface area contributed by atoms with E-state index in [0.29, 0.717) is 18.6 Å². The molecule has 1 aliphatic rings. The summed E-state index contributed by atoms with van der Waals surface area (Å²) >= 11 is 0. The third-order valence-electron chi connectivity index (χ3n) is 3.13. The van der Waals surface area contributed by atoms with Crippen LogP contribution in [0.5, 0.6) is 0 Å². The Morgan fingerprint density at radius 1 is 1.44 bits per heavy atom. The van der Waals surface area contributed by atoms with Crippen molar-refractivity contribution in [3.05, 3.63) is 18.0 Å². The highest BCUT2D eigenvalue weighted by Gasteiger charge is 2.42. The van der Waals surface area contributed by atoms with Gasteiger partial charge in [-0.25, -0.2) is 9.59 Å². The molecular weight excluding hydrogens is 238 g/mol. The van der Waals surface area contributed by atoms with Gasteiger partial charge in [0.2, 0.25) is 0 Å². The summed E-state index contributed by atoms with van der Waals surface area (Å²) < 4.78 is 4.82. The molecule has 0 aliphatic heterocycles. The van der Waals surface area contributed by atoms with Crippen LogP contribution in [-0.4, -0.2) is 27.8 Å². The molecule has 0 spiro atoms. The van der Waals surface area contributed by atoms with Crippen LogP contribution in [-0.2, 0) is 11.3 Å². The Morgan fingerprint density at radius 3 is 2.72 bits per heavy atom. The number of nitrogens with one attached hydrogen (secondary N) is 2. The van der Waals surface area contributed by atoms with Crippen LogP contribution in [0, 0.1) is 0 Å². The molecule has 1 fully saturated rings. The normalized spacial score (nSPS) is 17.3. The van der Waals surface area contributed by atoms with Crippen molar-refractivity contribution in [2.75, 3.05) is 0 Å². The third kappa shape index (κ3) is 2.61. The fourth-order valence-electron chi connectivity index (χ4n) is 2.13. The minimum Gasteiger partial charge on any atom is -0.480 e. The predicted octanol–water partition coefficient (Wildman–Crippen LogP) is 0.871. The zero-order valence-corrected chi connectivity index (χ0v) is 9.81. The molecule has 2 amide bonds. The van der Waals surface area contributed by atoms with Crippen molar-refractivity contribution in [2.45, 2.75) is 37.8 Å². The van der Waals surface area contributed by atoms with Crippen molar-refractivity contribution in [1.82, 2.24) is 15.8 Å². The van der Waals surface area contributed by atoms with Gasteiger partial charge < -0.3 is 20.3 Å². The second-order valence-corrected chi connectivity index (χ2v) is 4.38. The molecule has 3 N–H and O–H groups in total. The van der Waals surface area contributed by atoms with E-state index in [1.165, 1.54) is 6.20 Å². The summed E-state index contributed by atoms with van der Waals surface area (Å²) in [7, 11) is 0. The molecule has 0 aromatic carbocycles. The van der Waals surface area contributed by atoms with E-state index >= 15 is 0 Å². The van der Waals surface area contributed by atoms with Crippen LogP contribution in [0.25, 0.3) is 0 Å². The maximum Gasteiger partial charge on any atom is 0.329 e. The summed E-state index contributed by atoms with van der Waals surface area (Å²) in [6.45, 7) is 0.182. The topological polar surface area (TPSA) is 104 Å². The molecule has 0 radical (unpaired) electrons. The Labute approximate surface area is 104 Å². The van der Waals surface area contributed by atoms with Crippen molar-refractivity contribution in [1.29, 1.82) is 0 Å². The van der Waals surface area contributed by atoms with Crippen LogP contribution >= 0.6 is 0 Å². The molecule has 2 rings (SSSR count). The van der Waals surface area contributed by atoms with Crippen LogP contribution in [0.3, 0.4) is 0 Å². The van der Waals surface area contributed by atoms with Gasteiger partial charge in [-0.15, -0.1) is 0 Å². The van der Waals surface area contributed by atoms with Crippen LogP contribution in [0.4, 0.5) is 4.79 Å². The standard InChI is InChI=1S/C11H15N3O4/c15-9(16)11(4-1-2-5-11)14-10(17)12-7-8-3-6-13-18-8/h3,6H,1-2,4-5,7H2,(H,15,16)(H2,12,14,17). The molecule has 1 saturated carbocycles. The number of hydrogen-bond donors (Lipinski definition) is 3. The fraction of sp³-hybridized carbons (Fsp3) is 0.545. The fourth-order valence-corrected chi connectivity index (χ4v) is 2.13. The Bertz CT molecular complexity index is 424. The van der Waals surface area contributed by atoms with E-state index in [1.54, 1.807) is 6.07 Å². The van der Waals surface area contributed by atoms with E-state index < -0.39 is 17.5 Å². The summed E-state index contributed by atoms with van der Waals surface area (Å²) in [6, 6.07) is 1.12. The minimum absolute atomic E-state index is 0.182. The summed E-state index contributed by atoms with van der Waals surface area (Å²) in [5.74, 6) is -0.462. The van der Waals surface area contributed by atoms with E-state index in [9.17, 15) is 14.7 Å². The maximum atomic E-state index is 11.7. The zero-order chi connectivity index (χ0) is 13.0. The average Bonchev–Trinajstić information content (AvgIpc) is 2.97. The number of carboxylic acid groups (broad SMARTS) is 1. The number of urea groups is 1. The number of rotatable bonds is 4. The lowest BCUT2D eigenvalue weighted by Gasteiger charge is -2.25. The first-order chi connectivity index (χ1) is 8.62. The molecule has 0 atom stereocenters. The molecule has 7 nitrogen and oxygen atoms in total. The summed E-state index contributed by atoms with van der Waals surface area (Å²) in [5.41, 5.74) is -1.12. The maximum absolute atomic E-state index is 11.7. The molecule has 1 aromatic rings. The van der Waals surface area contributed by atoms with E-state index in [2.05, 4.69) is 15.8 Å².